The van der Waals surface area contributed by atoms with Gasteiger partial charge in [-0.05, 0) is 63.3 Å². The first-order valence-corrected chi connectivity index (χ1v) is 13.0. The lowest BCUT2D eigenvalue weighted by molar-refractivity contribution is -0.156. The number of carbonyl (C=O) groups is 2. The minimum absolute atomic E-state index is 0.0207. The molecular weight excluding hydrogens is 508 g/mol. The Morgan fingerprint density at radius 3 is 2.51 bits per heavy atom. The predicted octanol–water partition coefficient (Wildman–Crippen LogP) is 3.88. The van der Waals surface area contributed by atoms with Gasteiger partial charge in [-0.3, -0.25) is 14.4 Å². The van der Waals surface area contributed by atoms with Crippen molar-refractivity contribution in [2.75, 3.05) is 20.2 Å². The van der Waals surface area contributed by atoms with Gasteiger partial charge >= 0.3 is 5.92 Å². The zero-order chi connectivity index (χ0) is 28.6. The molecule has 1 aliphatic heterocycles. The number of methoxy groups -OCH3 is 1. The molecule has 1 unspecified atom stereocenters. The average Bonchev–Trinajstić information content (AvgIpc) is 3.16. The first kappa shape index (κ1) is 28.3. The summed E-state index contributed by atoms with van der Waals surface area (Å²) in [6.45, 7) is 8.67. The van der Waals surface area contributed by atoms with Crippen molar-refractivity contribution in [1.29, 1.82) is 0 Å². The summed E-state index contributed by atoms with van der Waals surface area (Å²) in [7, 11) is 1.47. The van der Waals surface area contributed by atoms with E-state index in [0.717, 1.165) is 17.0 Å². The van der Waals surface area contributed by atoms with E-state index in [1.807, 2.05) is 32.9 Å². The van der Waals surface area contributed by atoms with Gasteiger partial charge in [0.05, 0.1) is 36.0 Å². The molecule has 2 amide bonds. The van der Waals surface area contributed by atoms with Crippen molar-refractivity contribution in [3.63, 3.8) is 0 Å². The number of carbonyl (C=O) groups excluding carboxylic acids is 2. The second-order valence-electron chi connectivity index (χ2n) is 10.5. The van der Waals surface area contributed by atoms with Crippen LogP contribution in [0.3, 0.4) is 0 Å². The van der Waals surface area contributed by atoms with Crippen molar-refractivity contribution in [3.05, 3.63) is 62.3 Å². The average molecular weight is 544 g/mol. The largest absolute Gasteiger partial charge is 0.496 e. The van der Waals surface area contributed by atoms with Gasteiger partial charge in [-0.25, -0.2) is 4.52 Å². The van der Waals surface area contributed by atoms with Crippen molar-refractivity contribution in [2.24, 2.45) is 5.92 Å². The number of H-pyrrole nitrogens is 1. The number of amides is 2. The first-order chi connectivity index (χ1) is 18.3. The van der Waals surface area contributed by atoms with Crippen LogP contribution in [-0.2, 0) is 11.3 Å². The number of ether oxygens (including phenoxy) is 1. The number of pyridine rings is 1. The maximum atomic E-state index is 13.6. The van der Waals surface area contributed by atoms with Crippen molar-refractivity contribution < 1.29 is 23.1 Å². The van der Waals surface area contributed by atoms with Gasteiger partial charge in [0.15, 0.2) is 0 Å². The summed E-state index contributed by atoms with van der Waals surface area (Å²) in [5, 5.41) is 7.57. The van der Waals surface area contributed by atoms with Crippen LogP contribution >= 0.6 is 0 Å². The molecule has 0 aromatic carbocycles. The smallest absolute Gasteiger partial charge is 0.322 e. The van der Waals surface area contributed by atoms with Crippen LogP contribution in [-0.4, -0.2) is 57.4 Å². The Morgan fingerprint density at radius 2 is 1.90 bits per heavy atom. The van der Waals surface area contributed by atoms with E-state index in [4.69, 9.17) is 9.84 Å². The van der Waals surface area contributed by atoms with E-state index in [-0.39, 0.29) is 42.9 Å². The van der Waals surface area contributed by atoms with Gasteiger partial charge in [-0.1, -0.05) is 6.92 Å². The zero-order valence-corrected chi connectivity index (χ0v) is 23.2. The number of aryl methyl sites for hydroxylation is 2. The van der Waals surface area contributed by atoms with Crippen molar-refractivity contribution in [3.8, 4) is 5.75 Å². The van der Waals surface area contributed by atoms with Crippen molar-refractivity contribution in [1.82, 2.24) is 24.8 Å². The van der Waals surface area contributed by atoms with E-state index in [1.165, 1.54) is 12.0 Å². The Morgan fingerprint density at radius 1 is 1.23 bits per heavy atom. The minimum atomic E-state index is -3.38. The van der Waals surface area contributed by atoms with Gasteiger partial charge in [0.25, 0.3) is 17.4 Å². The summed E-state index contributed by atoms with van der Waals surface area (Å²) in [6, 6.07) is 5.39. The first-order valence-electron chi connectivity index (χ1n) is 13.0. The number of hydrogen-bond acceptors (Lipinski definition) is 5. The van der Waals surface area contributed by atoms with Gasteiger partial charge in [-0.15, -0.1) is 0 Å². The van der Waals surface area contributed by atoms with Crippen LogP contribution in [0.5, 0.6) is 5.75 Å². The van der Waals surface area contributed by atoms with Crippen LogP contribution in [0.25, 0.3) is 5.52 Å². The SMILES string of the molecule is COc1cc(C)[nH]c(=O)c1CNC(=O)c1c(C)c(C(C)C2CCN(C(=O)C(C)(F)F)CC2)n2nc(C)ccc12. The van der Waals surface area contributed by atoms with Gasteiger partial charge < -0.3 is 19.9 Å². The fourth-order valence-electron chi connectivity index (χ4n) is 5.58. The van der Waals surface area contributed by atoms with Gasteiger partial charge in [0.1, 0.15) is 5.75 Å². The number of nitrogens with one attached hydrogen (secondary N) is 2. The quantitative estimate of drug-likeness (QED) is 0.470. The third-order valence-corrected chi connectivity index (χ3v) is 7.66. The molecule has 4 rings (SSSR count). The highest BCUT2D eigenvalue weighted by molar-refractivity contribution is 6.03. The number of hydrogen-bond donors (Lipinski definition) is 2. The number of fused-ring (bicyclic) bond motifs is 1. The third-order valence-electron chi connectivity index (χ3n) is 7.66. The van der Waals surface area contributed by atoms with Crippen molar-refractivity contribution in [2.45, 2.75) is 65.8 Å². The summed E-state index contributed by atoms with van der Waals surface area (Å²) in [5.41, 5.74) is 4.16. The highest BCUT2D eigenvalue weighted by Gasteiger charge is 2.39. The fourth-order valence-corrected chi connectivity index (χ4v) is 5.58. The van der Waals surface area contributed by atoms with E-state index >= 15 is 0 Å². The van der Waals surface area contributed by atoms with Crippen LogP contribution in [0.4, 0.5) is 8.78 Å². The third kappa shape index (κ3) is 5.53. The summed E-state index contributed by atoms with van der Waals surface area (Å²) in [5.74, 6) is -4.41. The molecule has 0 spiro atoms. The molecule has 1 fully saturated rings. The van der Waals surface area contributed by atoms with Crippen LogP contribution in [0.15, 0.2) is 23.0 Å². The number of rotatable bonds is 7. The molecule has 9 nitrogen and oxygen atoms in total. The minimum Gasteiger partial charge on any atom is -0.496 e. The van der Waals surface area contributed by atoms with Crippen molar-refractivity contribution >= 4 is 17.3 Å². The fraction of sp³-hybridized carbons (Fsp3) is 0.500. The molecule has 1 saturated heterocycles. The summed E-state index contributed by atoms with van der Waals surface area (Å²) >= 11 is 0. The molecule has 39 heavy (non-hydrogen) atoms. The molecule has 2 N–H and O–H groups in total. The summed E-state index contributed by atoms with van der Waals surface area (Å²) < 4.78 is 34.2. The Bertz CT molecular complexity index is 1470. The predicted molar refractivity (Wildman–Crippen MR) is 143 cm³/mol. The van der Waals surface area contributed by atoms with E-state index in [1.54, 1.807) is 17.5 Å². The molecule has 4 heterocycles. The Hall–Kier alpha value is -3.76. The maximum Gasteiger partial charge on any atom is 0.322 e. The number of piperidine rings is 1. The Kier molecular flexibility index (Phi) is 7.81. The second-order valence-corrected chi connectivity index (χ2v) is 10.5. The molecule has 0 saturated carbocycles. The molecule has 3 aromatic heterocycles. The highest BCUT2D eigenvalue weighted by Crippen LogP contribution is 2.37. The lowest BCUT2D eigenvalue weighted by Crippen LogP contribution is -2.46. The van der Waals surface area contributed by atoms with E-state index < -0.39 is 11.8 Å². The lowest BCUT2D eigenvalue weighted by atomic mass is 9.82. The summed E-state index contributed by atoms with van der Waals surface area (Å²) in [6.07, 6.45) is 1.14. The molecule has 11 heteroatoms. The Balaban J connectivity index is 1.62. The zero-order valence-electron chi connectivity index (χ0n) is 23.2. The van der Waals surface area contributed by atoms with Crippen LogP contribution in [0.1, 0.15) is 71.2 Å². The monoisotopic (exact) mass is 543 g/mol. The normalized spacial score (nSPS) is 15.4. The number of aromatic nitrogens is 3. The second kappa shape index (κ2) is 10.8. The molecule has 210 valence electrons. The Labute approximate surface area is 225 Å². The molecule has 3 aromatic rings. The van der Waals surface area contributed by atoms with Gasteiger partial charge in [-0.2, -0.15) is 13.9 Å². The van der Waals surface area contributed by atoms with Gasteiger partial charge in [0, 0.05) is 37.3 Å². The number of likely N-dealkylation sites (tertiary alicyclic amines) is 1. The summed E-state index contributed by atoms with van der Waals surface area (Å²) in [4.78, 5) is 42.0. The van der Waals surface area contributed by atoms with E-state index in [0.29, 0.717) is 47.9 Å². The molecule has 1 aliphatic rings. The van der Waals surface area contributed by atoms with Crippen LogP contribution in [0.2, 0.25) is 0 Å². The number of nitrogens with zero attached hydrogens (tertiary/aromatic N) is 3. The number of alkyl halides is 2. The lowest BCUT2D eigenvalue weighted by Gasteiger charge is -2.36. The molecule has 0 bridgehead atoms. The molecule has 0 aliphatic carbocycles. The standard InChI is InChI=1S/C28H35F2N5O4/c1-15-7-8-21-23(26(37)31-14-20-22(39-6)13-16(2)32-25(20)36)18(4)24(35(21)33-15)17(3)19-9-11-34(12-10-19)27(38)28(5,29)30/h7-8,13,17,19H,9-12,14H2,1-6H3,(H,31,37)(H,32,36). The van der Waals surface area contributed by atoms with E-state index in [2.05, 4.69) is 10.3 Å². The maximum absolute atomic E-state index is 13.6. The van der Waals surface area contributed by atoms with Gasteiger partial charge in [0.2, 0.25) is 0 Å². The van der Waals surface area contributed by atoms with Crippen LogP contribution < -0.4 is 15.6 Å². The van der Waals surface area contributed by atoms with E-state index in [9.17, 15) is 23.2 Å². The highest BCUT2D eigenvalue weighted by atomic mass is 19.3. The number of aromatic amines is 1. The number of halogens is 2. The molecule has 0 radical (unpaired) electrons. The van der Waals surface area contributed by atoms with Crippen LogP contribution in [0, 0.1) is 26.7 Å². The molecular formula is C28H35F2N5O4. The molecule has 1 atom stereocenters. The topological polar surface area (TPSA) is 109 Å².